The molecule has 0 aliphatic carbocycles. The van der Waals surface area contributed by atoms with Crippen LogP contribution in [0.25, 0.3) is 0 Å². The van der Waals surface area contributed by atoms with Crippen molar-refractivity contribution >= 4 is 33.2 Å². The van der Waals surface area contributed by atoms with Crippen molar-refractivity contribution in [3.63, 3.8) is 0 Å². The Hall–Kier alpha value is -3.63. The first kappa shape index (κ1) is 27.9. The van der Waals surface area contributed by atoms with Gasteiger partial charge in [0.05, 0.1) is 45.1 Å². The number of rotatable bonds is 11. The molecular weight excluding hydrogens is 520 g/mol. The highest BCUT2D eigenvalue weighted by Crippen LogP contribution is 2.37. The van der Waals surface area contributed by atoms with Crippen LogP contribution >= 0.6 is 11.6 Å². The Bertz CT molecular complexity index is 1360. The zero-order valence-corrected chi connectivity index (χ0v) is 22.7. The Morgan fingerprint density at radius 3 is 2.14 bits per heavy atom. The molecule has 1 unspecified atom stereocenters. The molecule has 0 aliphatic heterocycles. The average Bonchev–Trinajstić information content (AvgIpc) is 2.90. The van der Waals surface area contributed by atoms with E-state index in [1.165, 1.54) is 58.8 Å². The first-order valence-electron chi connectivity index (χ1n) is 11.2. The van der Waals surface area contributed by atoms with Crippen LogP contribution in [-0.4, -0.2) is 49.3 Å². The normalized spacial score (nSPS) is 11.8. The van der Waals surface area contributed by atoms with Crippen molar-refractivity contribution in [3.05, 3.63) is 71.2 Å². The van der Waals surface area contributed by atoms with Gasteiger partial charge in [-0.1, -0.05) is 29.8 Å². The van der Waals surface area contributed by atoms with Gasteiger partial charge in [0.15, 0.2) is 11.5 Å². The van der Waals surface area contributed by atoms with Crippen LogP contribution in [0.15, 0.2) is 65.6 Å². The van der Waals surface area contributed by atoms with Crippen LogP contribution < -0.4 is 28.6 Å². The third-order valence-electron chi connectivity index (χ3n) is 5.62. The number of ether oxygens (including phenoxy) is 4. The summed E-state index contributed by atoms with van der Waals surface area (Å²) in [6.07, 6.45) is 0. The molecule has 1 atom stereocenters. The summed E-state index contributed by atoms with van der Waals surface area (Å²) in [5.74, 6) is 0.845. The second kappa shape index (κ2) is 12.1. The molecule has 0 heterocycles. The molecule has 11 heteroatoms. The standard InChI is InChI=1S/C26H29ClN2O7S/c1-17(20-8-6-7-9-22(20)33-2)28-26(30)16-29(21-14-18(27)10-12-23(21)34-3)37(31,32)19-11-13-24(35-4)25(15-19)36-5/h6-15,17H,16H2,1-5H3,(H,28,30). The molecule has 3 rings (SSSR count). The number of nitrogens with one attached hydrogen (secondary N) is 1. The van der Waals surface area contributed by atoms with Gasteiger partial charge in [0.25, 0.3) is 10.0 Å². The number of methoxy groups -OCH3 is 4. The van der Waals surface area contributed by atoms with Gasteiger partial charge in [-0.05, 0) is 43.3 Å². The first-order chi connectivity index (χ1) is 17.7. The zero-order chi connectivity index (χ0) is 27.2. The molecule has 198 valence electrons. The second-order valence-corrected chi connectivity index (χ2v) is 10.2. The highest BCUT2D eigenvalue weighted by atomic mass is 35.5. The lowest BCUT2D eigenvalue weighted by Crippen LogP contribution is -2.41. The molecule has 0 bridgehead atoms. The number of nitrogens with zero attached hydrogens (tertiary/aromatic N) is 1. The molecule has 0 spiro atoms. The van der Waals surface area contributed by atoms with Gasteiger partial charge in [-0.15, -0.1) is 0 Å². The first-order valence-corrected chi connectivity index (χ1v) is 13.0. The highest BCUT2D eigenvalue weighted by Gasteiger charge is 2.31. The summed E-state index contributed by atoms with van der Waals surface area (Å²) in [6, 6.07) is 15.5. The van der Waals surface area contributed by atoms with Gasteiger partial charge >= 0.3 is 0 Å². The van der Waals surface area contributed by atoms with E-state index in [2.05, 4.69) is 5.32 Å². The molecule has 0 aliphatic rings. The fourth-order valence-electron chi connectivity index (χ4n) is 3.78. The number of carbonyl (C=O) groups is 1. The Balaban J connectivity index is 2.03. The van der Waals surface area contributed by atoms with E-state index in [1.807, 2.05) is 18.2 Å². The van der Waals surface area contributed by atoms with Crippen LogP contribution in [0.5, 0.6) is 23.0 Å². The van der Waals surface area contributed by atoms with Crippen LogP contribution in [-0.2, 0) is 14.8 Å². The summed E-state index contributed by atoms with van der Waals surface area (Å²) in [5.41, 5.74) is 0.845. The maximum Gasteiger partial charge on any atom is 0.265 e. The summed E-state index contributed by atoms with van der Waals surface area (Å²) < 4.78 is 50.0. The molecule has 0 aromatic heterocycles. The van der Waals surface area contributed by atoms with E-state index in [0.717, 1.165) is 9.87 Å². The maximum absolute atomic E-state index is 13.9. The Morgan fingerprint density at radius 2 is 1.49 bits per heavy atom. The molecule has 0 fully saturated rings. The lowest BCUT2D eigenvalue weighted by atomic mass is 10.1. The van der Waals surface area contributed by atoms with Crippen LogP contribution in [0.3, 0.4) is 0 Å². The summed E-state index contributed by atoms with van der Waals surface area (Å²) in [4.78, 5) is 13.1. The average molecular weight is 549 g/mol. The number of carbonyl (C=O) groups excluding carboxylic acids is 1. The van der Waals surface area contributed by atoms with E-state index < -0.39 is 28.5 Å². The third-order valence-corrected chi connectivity index (χ3v) is 7.61. The van der Waals surface area contributed by atoms with Crippen molar-refractivity contribution in [2.45, 2.75) is 17.9 Å². The van der Waals surface area contributed by atoms with E-state index in [1.54, 1.807) is 19.1 Å². The van der Waals surface area contributed by atoms with E-state index in [0.29, 0.717) is 11.5 Å². The number of hydrogen-bond donors (Lipinski definition) is 1. The number of amides is 1. The highest BCUT2D eigenvalue weighted by molar-refractivity contribution is 7.92. The summed E-state index contributed by atoms with van der Waals surface area (Å²) >= 11 is 6.21. The number of anilines is 1. The van der Waals surface area contributed by atoms with Gasteiger partial charge in [-0.25, -0.2) is 8.42 Å². The number of halogens is 1. The number of hydrogen-bond acceptors (Lipinski definition) is 7. The van der Waals surface area contributed by atoms with Crippen LogP contribution in [0.4, 0.5) is 5.69 Å². The molecule has 1 amide bonds. The fourth-order valence-corrected chi connectivity index (χ4v) is 5.39. The minimum Gasteiger partial charge on any atom is -0.496 e. The van der Waals surface area contributed by atoms with Gasteiger partial charge in [-0.2, -0.15) is 0 Å². The fraction of sp³-hybridized carbons (Fsp3) is 0.269. The van der Waals surface area contributed by atoms with Crippen molar-refractivity contribution in [1.29, 1.82) is 0 Å². The van der Waals surface area contributed by atoms with Gasteiger partial charge < -0.3 is 24.3 Å². The van der Waals surface area contributed by atoms with Crippen molar-refractivity contribution in [2.75, 3.05) is 39.3 Å². The number of benzene rings is 3. The molecular formula is C26H29ClN2O7S. The van der Waals surface area contributed by atoms with Crippen molar-refractivity contribution in [3.8, 4) is 23.0 Å². The largest absolute Gasteiger partial charge is 0.496 e. The Kier molecular flexibility index (Phi) is 9.12. The molecule has 9 nitrogen and oxygen atoms in total. The lowest BCUT2D eigenvalue weighted by molar-refractivity contribution is -0.120. The van der Waals surface area contributed by atoms with Gasteiger partial charge in [-0.3, -0.25) is 9.10 Å². The van der Waals surface area contributed by atoms with E-state index in [-0.39, 0.29) is 27.1 Å². The molecule has 3 aromatic carbocycles. The van der Waals surface area contributed by atoms with E-state index in [9.17, 15) is 13.2 Å². The zero-order valence-electron chi connectivity index (χ0n) is 21.1. The van der Waals surface area contributed by atoms with Crippen molar-refractivity contribution < 1.29 is 32.2 Å². The summed E-state index contributed by atoms with van der Waals surface area (Å²) in [6.45, 7) is 1.23. The second-order valence-electron chi connectivity index (χ2n) is 7.88. The van der Waals surface area contributed by atoms with Crippen LogP contribution in [0.2, 0.25) is 5.02 Å². The lowest BCUT2D eigenvalue weighted by Gasteiger charge is -2.27. The van der Waals surface area contributed by atoms with Gasteiger partial charge in [0.2, 0.25) is 5.91 Å². The summed E-state index contributed by atoms with van der Waals surface area (Å²) in [5, 5.41) is 3.11. The minimum atomic E-state index is -4.30. The van der Waals surface area contributed by atoms with Gasteiger partial charge in [0.1, 0.15) is 18.0 Å². The number of sulfonamides is 1. The Morgan fingerprint density at radius 1 is 0.865 bits per heavy atom. The molecule has 0 radical (unpaired) electrons. The SMILES string of the molecule is COc1ccc(S(=O)(=O)N(CC(=O)NC(C)c2ccccc2OC)c2cc(Cl)ccc2OC)cc1OC. The number of para-hydroxylation sites is 1. The Labute approximate surface area is 221 Å². The molecule has 1 N–H and O–H groups in total. The van der Waals surface area contributed by atoms with Crippen LogP contribution in [0.1, 0.15) is 18.5 Å². The molecule has 37 heavy (non-hydrogen) atoms. The smallest absolute Gasteiger partial charge is 0.265 e. The summed E-state index contributed by atoms with van der Waals surface area (Å²) in [7, 11) is 1.49. The quantitative estimate of drug-likeness (QED) is 0.377. The monoisotopic (exact) mass is 548 g/mol. The topological polar surface area (TPSA) is 103 Å². The predicted octanol–water partition coefficient (Wildman–Crippen LogP) is 4.45. The minimum absolute atomic E-state index is 0.102. The predicted molar refractivity (Wildman–Crippen MR) is 142 cm³/mol. The van der Waals surface area contributed by atoms with E-state index >= 15 is 0 Å². The maximum atomic E-state index is 13.9. The molecule has 0 saturated heterocycles. The van der Waals surface area contributed by atoms with Crippen molar-refractivity contribution in [1.82, 2.24) is 5.32 Å². The molecule has 0 saturated carbocycles. The van der Waals surface area contributed by atoms with Crippen LogP contribution in [0, 0.1) is 0 Å². The molecule has 3 aromatic rings. The van der Waals surface area contributed by atoms with E-state index in [4.69, 9.17) is 30.5 Å². The van der Waals surface area contributed by atoms with Gasteiger partial charge in [0, 0.05) is 16.7 Å². The third kappa shape index (κ3) is 6.20. The van der Waals surface area contributed by atoms with Crippen molar-refractivity contribution in [2.24, 2.45) is 0 Å².